The number of aryl methyl sites for hydroxylation is 2. The van der Waals surface area contributed by atoms with Gasteiger partial charge in [0.25, 0.3) is 5.56 Å². The molecule has 0 radical (unpaired) electrons. The number of hydrogen-bond donors (Lipinski definition) is 3. The van der Waals surface area contributed by atoms with Gasteiger partial charge in [-0.1, -0.05) is 0 Å². The molecule has 3 aromatic rings. The van der Waals surface area contributed by atoms with Crippen molar-refractivity contribution in [1.29, 1.82) is 0 Å². The molecule has 16 heteroatoms. The van der Waals surface area contributed by atoms with Crippen LogP contribution in [-0.4, -0.2) is 61.8 Å². The Morgan fingerprint density at radius 1 is 1.29 bits per heavy atom. The molecule has 0 aliphatic carbocycles. The summed E-state index contributed by atoms with van der Waals surface area (Å²) in [6, 6.07) is 4.07. The van der Waals surface area contributed by atoms with Crippen LogP contribution in [0.25, 0.3) is 10.9 Å². The van der Waals surface area contributed by atoms with Crippen LogP contribution < -0.4 is 20.9 Å². The minimum absolute atomic E-state index is 0.184. The number of carbonyl (C=O) groups excluding carboxylic acids is 1. The second kappa shape index (κ2) is 11.7. The van der Waals surface area contributed by atoms with Gasteiger partial charge in [-0.2, -0.15) is 5.09 Å². The molecule has 1 unspecified atom stereocenters. The molecule has 0 amide bonds. The molecule has 0 saturated carbocycles. The molecule has 4 rings (SSSR count). The van der Waals surface area contributed by atoms with Gasteiger partial charge in [-0.25, -0.2) is 18.1 Å². The summed E-state index contributed by atoms with van der Waals surface area (Å²) >= 11 is 0. The first-order valence-electron chi connectivity index (χ1n) is 13.0. The van der Waals surface area contributed by atoms with Crippen LogP contribution in [0.4, 0.5) is 8.78 Å². The fourth-order valence-corrected chi connectivity index (χ4v) is 6.04. The number of nitrogens with one attached hydrogen (secondary N) is 2. The summed E-state index contributed by atoms with van der Waals surface area (Å²) in [5.41, 5.74) is -2.98. The Labute approximate surface area is 238 Å². The lowest BCUT2D eigenvalue weighted by molar-refractivity contribution is -0.149. The second-order valence-corrected chi connectivity index (χ2v) is 12.2. The molecular weight excluding hydrogens is 581 g/mol. The van der Waals surface area contributed by atoms with Crippen molar-refractivity contribution in [2.45, 2.75) is 70.9 Å². The zero-order valence-electron chi connectivity index (χ0n) is 23.8. The highest BCUT2D eigenvalue weighted by atomic mass is 31.2. The minimum Gasteiger partial charge on any atom is -0.462 e. The molecule has 1 saturated heterocycles. The third kappa shape index (κ3) is 6.20. The van der Waals surface area contributed by atoms with E-state index in [4.69, 9.17) is 18.5 Å². The number of halogens is 2. The smallest absolute Gasteiger partial charge is 0.459 e. The maximum absolute atomic E-state index is 15.6. The van der Waals surface area contributed by atoms with Gasteiger partial charge in [0.05, 0.1) is 18.2 Å². The maximum atomic E-state index is 15.6. The van der Waals surface area contributed by atoms with Crippen LogP contribution >= 0.6 is 7.75 Å². The van der Waals surface area contributed by atoms with Gasteiger partial charge in [0.1, 0.15) is 18.2 Å². The molecule has 0 spiro atoms. The van der Waals surface area contributed by atoms with E-state index in [1.807, 2.05) is 4.98 Å². The largest absolute Gasteiger partial charge is 0.462 e. The highest BCUT2D eigenvalue weighted by Crippen LogP contribution is 2.48. The third-order valence-electron chi connectivity index (χ3n) is 6.87. The first-order chi connectivity index (χ1) is 19.5. The summed E-state index contributed by atoms with van der Waals surface area (Å²) in [5, 5.41) is 13.3. The Hall–Kier alpha value is -3.36. The van der Waals surface area contributed by atoms with Crippen molar-refractivity contribution in [2.75, 3.05) is 6.61 Å². The number of aliphatic hydroxyl groups is 1. The average molecular weight is 615 g/mol. The van der Waals surface area contributed by atoms with Crippen LogP contribution in [0.1, 0.15) is 39.6 Å². The number of nitrogens with zero attached hydrogens (tertiary/aromatic N) is 2. The first kappa shape index (κ1) is 31.6. The lowest BCUT2D eigenvalue weighted by atomic mass is 9.98. The SMILES string of the molecule is Cc1cc2c(F)c(OP(=O)(N[C@@H](C)C(=O)OC(C)C)OC[C@H]3O[C@@H](n4ccc(=O)[nH]c4=O)[C@](C)(F)[C@@H]3O)ccc2n1C. The topological polar surface area (TPSA) is 163 Å². The van der Waals surface area contributed by atoms with E-state index >= 15 is 8.78 Å². The molecule has 3 heterocycles. The van der Waals surface area contributed by atoms with Crippen LogP contribution in [0.15, 0.2) is 40.1 Å². The van der Waals surface area contributed by atoms with Crippen molar-refractivity contribution in [3.05, 3.63) is 62.8 Å². The number of H-pyrrole nitrogens is 1. The van der Waals surface area contributed by atoms with E-state index in [0.717, 1.165) is 29.4 Å². The van der Waals surface area contributed by atoms with Crippen molar-refractivity contribution in [1.82, 2.24) is 19.2 Å². The van der Waals surface area contributed by atoms with Crippen LogP contribution in [0.5, 0.6) is 5.75 Å². The lowest BCUT2D eigenvalue weighted by Crippen LogP contribution is -2.43. The van der Waals surface area contributed by atoms with E-state index in [1.54, 1.807) is 44.5 Å². The van der Waals surface area contributed by atoms with E-state index in [9.17, 15) is 24.1 Å². The fraction of sp³-hybridized carbons (Fsp3) is 0.500. The normalized spacial score (nSPS) is 24.6. The number of benzene rings is 1. The summed E-state index contributed by atoms with van der Waals surface area (Å²) < 4.78 is 69.2. The van der Waals surface area contributed by atoms with Crippen molar-refractivity contribution in [3.63, 3.8) is 0 Å². The van der Waals surface area contributed by atoms with Gasteiger partial charge < -0.3 is 23.7 Å². The molecule has 6 atom stereocenters. The zero-order valence-corrected chi connectivity index (χ0v) is 24.7. The second-order valence-electron chi connectivity index (χ2n) is 10.5. The molecule has 42 heavy (non-hydrogen) atoms. The lowest BCUT2D eigenvalue weighted by Gasteiger charge is -2.25. The maximum Gasteiger partial charge on any atom is 0.459 e. The number of aromatic amines is 1. The van der Waals surface area contributed by atoms with Crippen molar-refractivity contribution in [2.24, 2.45) is 7.05 Å². The molecule has 1 aromatic carbocycles. The van der Waals surface area contributed by atoms with Crippen LogP contribution in [0.3, 0.4) is 0 Å². The molecule has 1 aliphatic heterocycles. The summed E-state index contributed by atoms with van der Waals surface area (Å²) in [4.78, 5) is 38.1. The quantitative estimate of drug-likeness (QED) is 0.229. The first-order valence-corrected chi connectivity index (χ1v) is 14.6. The van der Waals surface area contributed by atoms with Gasteiger partial charge in [-0.15, -0.1) is 0 Å². The van der Waals surface area contributed by atoms with Gasteiger partial charge in [0, 0.05) is 30.4 Å². The molecule has 2 aromatic heterocycles. The Bertz CT molecular complexity index is 1650. The third-order valence-corrected chi connectivity index (χ3v) is 8.50. The number of fused-ring (bicyclic) bond motifs is 1. The number of alkyl halides is 1. The monoisotopic (exact) mass is 614 g/mol. The molecule has 1 fully saturated rings. The Morgan fingerprint density at radius 3 is 2.62 bits per heavy atom. The fourth-order valence-electron chi connectivity index (χ4n) is 4.54. The number of aromatic nitrogens is 3. The average Bonchev–Trinajstić information content (AvgIpc) is 3.31. The van der Waals surface area contributed by atoms with Gasteiger partial charge >= 0.3 is 19.4 Å². The highest BCUT2D eigenvalue weighted by molar-refractivity contribution is 7.52. The molecule has 0 bridgehead atoms. The number of hydrogen-bond acceptors (Lipinski definition) is 9. The molecule has 1 aliphatic rings. The van der Waals surface area contributed by atoms with E-state index < -0.39 is 79.4 Å². The number of aliphatic hydroxyl groups excluding tert-OH is 1. The van der Waals surface area contributed by atoms with Crippen LogP contribution in [0, 0.1) is 12.7 Å². The molecule has 230 valence electrons. The molecule has 13 nitrogen and oxygen atoms in total. The number of carbonyl (C=O) groups is 1. The number of esters is 1. The summed E-state index contributed by atoms with van der Waals surface area (Å²) in [6.07, 6.45) is -4.61. The van der Waals surface area contributed by atoms with Crippen LogP contribution in [0.2, 0.25) is 0 Å². The predicted octanol–water partition coefficient (Wildman–Crippen LogP) is 2.60. The van der Waals surface area contributed by atoms with Gasteiger partial charge in [-0.05, 0) is 52.8 Å². The summed E-state index contributed by atoms with van der Waals surface area (Å²) in [6.45, 7) is 6.52. The Morgan fingerprint density at radius 2 is 1.98 bits per heavy atom. The standard InChI is InChI=1S/C26H33F2N4O9P/c1-13(2)39-23(35)15(4)30-42(37,41-18-8-7-17-16(21(18)27)11-14(3)31(17)6)38-12-19-22(34)26(5,28)24(40-19)32-10-9-20(33)29-25(32)36/h7-11,13,15,19,22,24,34H,12H2,1-6H3,(H,30,37)(H,29,33,36)/t15-,19+,22+,24+,26+,42?/m0/s1. The van der Waals surface area contributed by atoms with E-state index in [2.05, 4.69) is 5.09 Å². The van der Waals surface area contributed by atoms with Crippen LogP contribution in [-0.2, 0) is 30.4 Å². The molecular formula is C26H33F2N4O9P. The van der Waals surface area contributed by atoms with Gasteiger partial charge in [0.2, 0.25) is 0 Å². The van der Waals surface area contributed by atoms with Gasteiger partial charge in [0.15, 0.2) is 23.5 Å². The highest BCUT2D eigenvalue weighted by Gasteiger charge is 2.56. The van der Waals surface area contributed by atoms with E-state index in [1.165, 1.54) is 13.0 Å². The molecule has 3 N–H and O–H groups in total. The predicted molar refractivity (Wildman–Crippen MR) is 146 cm³/mol. The van der Waals surface area contributed by atoms with Crippen molar-refractivity contribution < 1.29 is 41.8 Å². The van der Waals surface area contributed by atoms with E-state index in [-0.39, 0.29) is 5.39 Å². The van der Waals surface area contributed by atoms with Gasteiger partial charge in [-0.3, -0.25) is 23.7 Å². The minimum atomic E-state index is -4.66. The summed E-state index contributed by atoms with van der Waals surface area (Å²) in [5.74, 6) is -2.11. The Kier molecular flexibility index (Phi) is 8.82. The van der Waals surface area contributed by atoms with E-state index in [0.29, 0.717) is 5.52 Å². The number of rotatable bonds is 10. The summed E-state index contributed by atoms with van der Waals surface area (Å²) in [7, 11) is -2.92. The Balaban J connectivity index is 1.62. The zero-order chi connectivity index (χ0) is 31.1. The van der Waals surface area contributed by atoms with Crippen molar-refractivity contribution in [3.8, 4) is 5.75 Å². The van der Waals surface area contributed by atoms with Crippen molar-refractivity contribution >= 4 is 24.6 Å². The number of ether oxygens (including phenoxy) is 2.